The van der Waals surface area contributed by atoms with E-state index in [-0.39, 0.29) is 0 Å². The van der Waals surface area contributed by atoms with Crippen LogP contribution in [0, 0.1) is 12.8 Å². The van der Waals surface area contributed by atoms with Gasteiger partial charge in [-0.1, -0.05) is 29.8 Å². The Morgan fingerprint density at radius 3 is 2.55 bits per heavy atom. The van der Waals surface area contributed by atoms with Crippen LogP contribution in [0.25, 0.3) is 5.57 Å². The number of piperidine rings is 1. The van der Waals surface area contributed by atoms with Gasteiger partial charge in [-0.15, -0.1) is 0 Å². The second-order valence-electron chi connectivity index (χ2n) is 5.96. The Morgan fingerprint density at radius 1 is 1.20 bits per heavy atom. The lowest BCUT2D eigenvalue weighted by atomic mass is 9.86. The van der Waals surface area contributed by atoms with Crippen LogP contribution in [0.3, 0.4) is 0 Å². The van der Waals surface area contributed by atoms with Crippen LogP contribution in [-0.2, 0) is 16.4 Å². The van der Waals surface area contributed by atoms with E-state index in [1.165, 1.54) is 28.5 Å². The third-order valence-electron chi connectivity index (χ3n) is 4.48. The molecule has 1 aliphatic heterocycles. The Kier molecular flexibility index (Phi) is 3.46. The number of sulfonamides is 1. The van der Waals surface area contributed by atoms with Crippen molar-refractivity contribution in [3.63, 3.8) is 0 Å². The van der Waals surface area contributed by atoms with Gasteiger partial charge in [-0.25, -0.2) is 12.7 Å². The van der Waals surface area contributed by atoms with Crippen molar-refractivity contribution in [3.8, 4) is 0 Å². The zero-order valence-electron chi connectivity index (χ0n) is 12.1. The molecule has 0 N–H and O–H groups in total. The van der Waals surface area contributed by atoms with Gasteiger partial charge in [0.2, 0.25) is 10.0 Å². The standard InChI is InChI=1S/C16H21NO2S/c1-12-3-5-16-14(11-12)4-6-15(16)13-7-9-17(10-8-13)20(2,18)19/h3,5-6,11,13H,4,7-10H2,1-2H3. The van der Waals surface area contributed by atoms with Gasteiger partial charge >= 0.3 is 0 Å². The SMILES string of the molecule is Cc1ccc2c(c1)CC=C2C1CCN(S(C)(=O)=O)CC1. The van der Waals surface area contributed by atoms with Gasteiger partial charge in [-0.2, -0.15) is 0 Å². The van der Waals surface area contributed by atoms with E-state index in [0.717, 1.165) is 19.3 Å². The van der Waals surface area contributed by atoms with Gasteiger partial charge in [0.15, 0.2) is 0 Å². The van der Waals surface area contributed by atoms with Gasteiger partial charge in [0.05, 0.1) is 6.26 Å². The lowest BCUT2D eigenvalue weighted by Gasteiger charge is -2.31. The predicted molar refractivity (Wildman–Crippen MR) is 82.0 cm³/mol. The normalized spacial score (nSPS) is 20.8. The third-order valence-corrected chi connectivity index (χ3v) is 5.78. The molecule has 1 aliphatic carbocycles. The van der Waals surface area contributed by atoms with Crippen molar-refractivity contribution in [1.29, 1.82) is 0 Å². The zero-order valence-corrected chi connectivity index (χ0v) is 12.9. The van der Waals surface area contributed by atoms with Gasteiger partial charge in [0, 0.05) is 13.1 Å². The first kappa shape index (κ1) is 13.8. The van der Waals surface area contributed by atoms with Crippen molar-refractivity contribution >= 4 is 15.6 Å². The number of aryl methyl sites for hydroxylation is 1. The van der Waals surface area contributed by atoms with Crippen molar-refractivity contribution in [2.45, 2.75) is 26.2 Å². The average Bonchev–Trinajstić information content (AvgIpc) is 2.80. The van der Waals surface area contributed by atoms with Crippen LogP contribution in [0.2, 0.25) is 0 Å². The summed E-state index contributed by atoms with van der Waals surface area (Å²) in [5.74, 6) is 0.511. The second-order valence-corrected chi connectivity index (χ2v) is 7.94. The predicted octanol–water partition coefficient (Wildman–Crippen LogP) is 2.61. The van der Waals surface area contributed by atoms with Crippen LogP contribution in [0.1, 0.15) is 29.5 Å². The molecule has 0 atom stereocenters. The van der Waals surface area contributed by atoms with E-state index in [0.29, 0.717) is 19.0 Å². The molecular formula is C16H21NO2S. The summed E-state index contributed by atoms with van der Waals surface area (Å²) in [6.07, 6.45) is 6.54. The first-order chi connectivity index (χ1) is 9.45. The molecule has 0 saturated carbocycles. The van der Waals surface area contributed by atoms with Crippen molar-refractivity contribution < 1.29 is 8.42 Å². The van der Waals surface area contributed by atoms with E-state index in [9.17, 15) is 8.42 Å². The third kappa shape index (κ3) is 2.54. The largest absolute Gasteiger partial charge is 0.213 e. The van der Waals surface area contributed by atoms with E-state index >= 15 is 0 Å². The molecule has 1 saturated heterocycles. The van der Waals surface area contributed by atoms with Crippen LogP contribution in [0.4, 0.5) is 0 Å². The fourth-order valence-corrected chi connectivity index (χ4v) is 4.26. The van der Waals surface area contributed by atoms with Gasteiger partial charge in [-0.3, -0.25) is 0 Å². The minimum absolute atomic E-state index is 0.511. The number of hydrogen-bond acceptors (Lipinski definition) is 2. The number of fused-ring (bicyclic) bond motifs is 1. The van der Waals surface area contributed by atoms with Gasteiger partial charge in [-0.05, 0) is 48.8 Å². The number of allylic oxidation sites excluding steroid dienone is 2. The van der Waals surface area contributed by atoms with E-state index < -0.39 is 10.0 Å². The molecule has 0 spiro atoms. The Morgan fingerprint density at radius 2 is 1.90 bits per heavy atom. The first-order valence-corrected chi connectivity index (χ1v) is 9.05. The molecule has 3 nitrogen and oxygen atoms in total. The van der Waals surface area contributed by atoms with Crippen LogP contribution >= 0.6 is 0 Å². The maximum Gasteiger partial charge on any atom is 0.211 e. The quantitative estimate of drug-likeness (QED) is 0.840. The fraction of sp³-hybridized carbons (Fsp3) is 0.500. The summed E-state index contributed by atoms with van der Waals surface area (Å²) in [6.45, 7) is 3.44. The molecule has 1 aromatic carbocycles. The lowest BCUT2D eigenvalue weighted by Crippen LogP contribution is -2.37. The number of nitrogens with zero attached hydrogens (tertiary/aromatic N) is 1. The molecule has 1 aromatic rings. The average molecular weight is 291 g/mol. The highest BCUT2D eigenvalue weighted by Gasteiger charge is 2.29. The molecule has 1 heterocycles. The molecule has 2 aliphatic rings. The molecule has 0 amide bonds. The summed E-state index contributed by atoms with van der Waals surface area (Å²) >= 11 is 0. The minimum Gasteiger partial charge on any atom is -0.213 e. The van der Waals surface area contributed by atoms with Crippen LogP contribution in [0.15, 0.2) is 24.3 Å². The summed E-state index contributed by atoms with van der Waals surface area (Å²) in [5.41, 5.74) is 5.55. The summed E-state index contributed by atoms with van der Waals surface area (Å²) < 4.78 is 24.7. The second kappa shape index (κ2) is 5.01. The van der Waals surface area contributed by atoms with Gasteiger partial charge in [0.1, 0.15) is 0 Å². The van der Waals surface area contributed by atoms with E-state index in [2.05, 4.69) is 31.2 Å². The number of benzene rings is 1. The van der Waals surface area contributed by atoms with Gasteiger partial charge < -0.3 is 0 Å². The molecule has 0 radical (unpaired) electrons. The summed E-state index contributed by atoms with van der Waals surface area (Å²) in [6, 6.07) is 6.67. The van der Waals surface area contributed by atoms with E-state index in [1.54, 1.807) is 4.31 Å². The molecular weight excluding hydrogens is 270 g/mol. The molecule has 108 valence electrons. The maximum absolute atomic E-state index is 11.6. The van der Waals surface area contributed by atoms with Crippen molar-refractivity contribution in [1.82, 2.24) is 4.31 Å². The molecule has 0 unspecified atom stereocenters. The highest BCUT2D eigenvalue weighted by atomic mass is 32.2. The highest BCUT2D eigenvalue weighted by Crippen LogP contribution is 2.38. The number of hydrogen-bond donors (Lipinski definition) is 0. The van der Waals surface area contributed by atoms with Crippen LogP contribution < -0.4 is 0 Å². The molecule has 20 heavy (non-hydrogen) atoms. The van der Waals surface area contributed by atoms with E-state index in [4.69, 9.17) is 0 Å². The van der Waals surface area contributed by atoms with E-state index in [1.807, 2.05) is 0 Å². The summed E-state index contributed by atoms with van der Waals surface area (Å²) in [5, 5.41) is 0. The van der Waals surface area contributed by atoms with Gasteiger partial charge in [0.25, 0.3) is 0 Å². The van der Waals surface area contributed by atoms with Crippen molar-refractivity contribution in [3.05, 3.63) is 41.0 Å². The lowest BCUT2D eigenvalue weighted by molar-refractivity contribution is 0.313. The monoisotopic (exact) mass is 291 g/mol. The Bertz CT molecular complexity index is 653. The Hall–Kier alpha value is -1.13. The Balaban J connectivity index is 1.75. The van der Waals surface area contributed by atoms with Crippen molar-refractivity contribution in [2.24, 2.45) is 5.92 Å². The van der Waals surface area contributed by atoms with Crippen LogP contribution in [-0.4, -0.2) is 32.1 Å². The summed E-state index contributed by atoms with van der Waals surface area (Å²) in [4.78, 5) is 0. The summed E-state index contributed by atoms with van der Waals surface area (Å²) in [7, 11) is -3.03. The topological polar surface area (TPSA) is 37.4 Å². The van der Waals surface area contributed by atoms with Crippen LogP contribution in [0.5, 0.6) is 0 Å². The zero-order chi connectivity index (χ0) is 14.3. The Labute approximate surface area is 121 Å². The molecule has 0 aromatic heterocycles. The fourth-order valence-electron chi connectivity index (χ4n) is 3.39. The smallest absolute Gasteiger partial charge is 0.211 e. The first-order valence-electron chi connectivity index (χ1n) is 7.20. The molecule has 3 rings (SSSR count). The minimum atomic E-state index is -3.03. The molecule has 4 heteroatoms. The number of rotatable bonds is 2. The maximum atomic E-state index is 11.6. The molecule has 1 fully saturated rings. The van der Waals surface area contributed by atoms with Crippen molar-refractivity contribution in [2.75, 3.05) is 19.3 Å². The highest BCUT2D eigenvalue weighted by molar-refractivity contribution is 7.88. The molecule has 0 bridgehead atoms.